The van der Waals surface area contributed by atoms with E-state index in [4.69, 9.17) is 10.2 Å². The normalized spacial score (nSPS) is 29.0. The number of rotatable bonds is 5. The Morgan fingerprint density at radius 3 is 2.50 bits per heavy atom. The Morgan fingerprint density at radius 1 is 1.31 bits per heavy atom. The fourth-order valence-corrected chi connectivity index (χ4v) is 2.28. The number of carboxylic acids is 1. The average Bonchev–Trinajstić information content (AvgIpc) is 2.61. The van der Waals surface area contributed by atoms with Crippen molar-refractivity contribution in [1.29, 1.82) is 0 Å². The Hall–Kier alpha value is -1.10. The molecule has 1 fully saturated rings. The number of carbonyl (C=O) groups excluding carboxylic acids is 1. The van der Waals surface area contributed by atoms with E-state index in [9.17, 15) is 9.59 Å². The van der Waals surface area contributed by atoms with Gasteiger partial charge in [0.2, 0.25) is 5.91 Å². The van der Waals surface area contributed by atoms with Crippen LogP contribution in [0.3, 0.4) is 0 Å². The standard InChI is InChI=1S/C11H19NO4/c1-7-5-8(9(6-7)11(15)16)10(14)12-3-2-4-13/h7-9,13H,2-6H2,1H3,(H,12,14)(H,15,16). The minimum atomic E-state index is -0.883. The van der Waals surface area contributed by atoms with Gasteiger partial charge in [0.15, 0.2) is 0 Å². The zero-order valence-electron chi connectivity index (χ0n) is 9.48. The van der Waals surface area contributed by atoms with Crippen molar-refractivity contribution in [2.24, 2.45) is 17.8 Å². The van der Waals surface area contributed by atoms with Crippen LogP contribution in [0.15, 0.2) is 0 Å². The molecule has 16 heavy (non-hydrogen) atoms. The summed E-state index contributed by atoms with van der Waals surface area (Å²) >= 11 is 0. The molecule has 0 aromatic heterocycles. The van der Waals surface area contributed by atoms with E-state index in [0.29, 0.717) is 25.8 Å². The molecule has 3 N–H and O–H groups in total. The zero-order valence-corrected chi connectivity index (χ0v) is 9.48. The van der Waals surface area contributed by atoms with Crippen LogP contribution in [0.5, 0.6) is 0 Å². The van der Waals surface area contributed by atoms with Crippen LogP contribution in [-0.2, 0) is 9.59 Å². The maximum absolute atomic E-state index is 11.7. The summed E-state index contributed by atoms with van der Waals surface area (Å²) in [6, 6.07) is 0. The van der Waals surface area contributed by atoms with Crippen LogP contribution in [0.25, 0.3) is 0 Å². The van der Waals surface area contributed by atoms with Crippen molar-refractivity contribution in [3.05, 3.63) is 0 Å². The van der Waals surface area contributed by atoms with Gasteiger partial charge in [-0.1, -0.05) is 6.92 Å². The van der Waals surface area contributed by atoms with E-state index in [1.165, 1.54) is 0 Å². The van der Waals surface area contributed by atoms with Crippen molar-refractivity contribution < 1.29 is 19.8 Å². The highest BCUT2D eigenvalue weighted by molar-refractivity contribution is 5.85. The van der Waals surface area contributed by atoms with Crippen molar-refractivity contribution >= 4 is 11.9 Å². The van der Waals surface area contributed by atoms with Crippen LogP contribution in [0.4, 0.5) is 0 Å². The monoisotopic (exact) mass is 229 g/mol. The third-order valence-electron chi connectivity index (χ3n) is 3.09. The predicted octanol–water partition coefficient (Wildman–Crippen LogP) is 0.232. The maximum atomic E-state index is 11.7. The molecule has 0 heterocycles. The first kappa shape index (κ1) is 13.0. The largest absolute Gasteiger partial charge is 0.481 e. The second kappa shape index (κ2) is 5.84. The Bertz CT molecular complexity index is 267. The third-order valence-corrected chi connectivity index (χ3v) is 3.09. The van der Waals surface area contributed by atoms with Crippen molar-refractivity contribution in [3.8, 4) is 0 Å². The summed E-state index contributed by atoms with van der Waals surface area (Å²) in [6.07, 6.45) is 1.72. The summed E-state index contributed by atoms with van der Waals surface area (Å²) in [4.78, 5) is 22.7. The van der Waals surface area contributed by atoms with Crippen LogP contribution < -0.4 is 5.32 Å². The summed E-state index contributed by atoms with van der Waals surface area (Å²) in [5.74, 6) is -1.75. The number of aliphatic hydroxyl groups excluding tert-OH is 1. The molecule has 5 heteroatoms. The molecule has 1 amide bonds. The minimum Gasteiger partial charge on any atom is -0.481 e. The summed E-state index contributed by atoms with van der Waals surface area (Å²) in [5, 5.41) is 20.3. The topological polar surface area (TPSA) is 86.6 Å². The molecule has 1 saturated carbocycles. The molecule has 1 aliphatic carbocycles. The first-order valence-corrected chi connectivity index (χ1v) is 5.67. The van der Waals surface area contributed by atoms with Gasteiger partial charge in [-0.25, -0.2) is 0 Å². The van der Waals surface area contributed by atoms with Gasteiger partial charge in [0.1, 0.15) is 0 Å². The lowest BCUT2D eigenvalue weighted by Crippen LogP contribution is -2.35. The summed E-state index contributed by atoms with van der Waals surface area (Å²) in [6.45, 7) is 2.41. The number of nitrogens with one attached hydrogen (secondary N) is 1. The highest BCUT2D eigenvalue weighted by Crippen LogP contribution is 2.36. The molecule has 0 aromatic rings. The molecule has 0 bridgehead atoms. The molecule has 5 nitrogen and oxygen atoms in total. The van der Waals surface area contributed by atoms with Crippen molar-refractivity contribution in [1.82, 2.24) is 5.32 Å². The second-order valence-corrected chi connectivity index (χ2v) is 4.50. The van der Waals surface area contributed by atoms with Crippen molar-refractivity contribution in [2.45, 2.75) is 26.2 Å². The second-order valence-electron chi connectivity index (χ2n) is 4.50. The maximum Gasteiger partial charge on any atom is 0.307 e. The summed E-state index contributed by atoms with van der Waals surface area (Å²) in [7, 11) is 0. The van der Waals surface area contributed by atoms with Gasteiger partial charge in [0.25, 0.3) is 0 Å². The molecule has 3 atom stereocenters. The third kappa shape index (κ3) is 3.20. The highest BCUT2D eigenvalue weighted by Gasteiger charge is 2.40. The fraction of sp³-hybridized carbons (Fsp3) is 0.818. The Balaban J connectivity index is 2.50. The molecule has 1 rings (SSSR count). The van der Waals surface area contributed by atoms with Gasteiger partial charge >= 0.3 is 5.97 Å². The molecule has 1 aliphatic rings. The van der Waals surface area contributed by atoms with E-state index >= 15 is 0 Å². The zero-order chi connectivity index (χ0) is 12.1. The van der Waals surface area contributed by atoms with E-state index in [0.717, 1.165) is 0 Å². The Labute approximate surface area is 94.8 Å². The van der Waals surface area contributed by atoms with Gasteiger partial charge in [-0.3, -0.25) is 9.59 Å². The highest BCUT2D eigenvalue weighted by atomic mass is 16.4. The van der Waals surface area contributed by atoms with Crippen LogP contribution in [0, 0.1) is 17.8 Å². The molecule has 0 spiro atoms. The van der Waals surface area contributed by atoms with Crippen LogP contribution >= 0.6 is 0 Å². The molecule has 92 valence electrons. The smallest absolute Gasteiger partial charge is 0.307 e. The molecular formula is C11H19NO4. The van der Waals surface area contributed by atoms with E-state index < -0.39 is 17.8 Å². The van der Waals surface area contributed by atoms with E-state index in [1.54, 1.807) is 0 Å². The molecule has 0 aromatic carbocycles. The number of aliphatic carboxylic acids is 1. The summed E-state index contributed by atoms with van der Waals surface area (Å²) < 4.78 is 0. The number of carboxylic acid groups (broad SMARTS) is 1. The first-order chi connectivity index (χ1) is 7.56. The van der Waals surface area contributed by atoms with Gasteiger partial charge in [0, 0.05) is 13.2 Å². The van der Waals surface area contributed by atoms with Gasteiger partial charge < -0.3 is 15.5 Å². The quantitative estimate of drug-likeness (QED) is 0.589. The molecular weight excluding hydrogens is 210 g/mol. The van der Waals surface area contributed by atoms with E-state index in [2.05, 4.69) is 5.32 Å². The number of hydrogen-bond donors (Lipinski definition) is 3. The van der Waals surface area contributed by atoms with Crippen molar-refractivity contribution in [2.75, 3.05) is 13.2 Å². The first-order valence-electron chi connectivity index (χ1n) is 5.67. The number of amides is 1. The van der Waals surface area contributed by atoms with Crippen LogP contribution in [0.2, 0.25) is 0 Å². The predicted molar refractivity (Wildman–Crippen MR) is 57.7 cm³/mol. The van der Waals surface area contributed by atoms with Gasteiger partial charge in [-0.2, -0.15) is 0 Å². The minimum absolute atomic E-state index is 0.0315. The molecule has 0 aliphatic heterocycles. The lowest BCUT2D eigenvalue weighted by atomic mass is 9.95. The van der Waals surface area contributed by atoms with E-state index in [1.807, 2.05) is 6.92 Å². The van der Waals surface area contributed by atoms with Gasteiger partial charge in [-0.05, 0) is 25.2 Å². The fourth-order valence-electron chi connectivity index (χ4n) is 2.28. The SMILES string of the molecule is CC1CC(C(=O)O)C(C(=O)NCCCO)C1. The lowest BCUT2D eigenvalue weighted by Gasteiger charge is -2.15. The number of aliphatic hydroxyl groups is 1. The molecule has 3 unspecified atom stereocenters. The molecule has 0 saturated heterocycles. The Morgan fingerprint density at radius 2 is 1.94 bits per heavy atom. The van der Waals surface area contributed by atoms with Crippen molar-refractivity contribution in [3.63, 3.8) is 0 Å². The number of hydrogen-bond acceptors (Lipinski definition) is 3. The Kier molecular flexibility index (Phi) is 4.73. The van der Waals surface area contributed by atoms with Gasteiger partial charge in [-0.15, -0.1) is 0 Å². The van der Waals surface area contributed by atoms with Gasteiger partial charge in [0.05, 0.1) is 11.8 Å². The summed E-state index contributed by atoms with van der Waals surface area (Å²) in [5.41, 5.74) is 0. The lowest BCUT2D eigenvalue weighted by molar-refractivity contribution is -0.146. The van der Waals surface area contributed by atoms with Crippen LogP contribution in [-0.4, -0.2) is 35.2 Å². The number of carbonyl (C=O) groups is 2. The molecule has 0 radical (unpaired) electrons. The van der Waals surface area contributed by atoms with E-state index in [-0.39, 0.29) is 18.4 Å². The average molecular weight is 229 g/mol. The van der Waals surface area contributed by atoms with Crippen LogP contribution in [0.1, 0.15) is 26.2 Å².